The number of hydrogen-bond acceptors (Lipinski definition) is 6. The van der Waals surface area contributed by atoms with Crippen LogP contribution in [0.4, 0.5) is 0 Å². The molecule has 0 unspecified atom stereocenters. The molecule has 0 aliphatic heterocycles. The molecular weight excluding hydrogens is 484 g/mol. The van der Waals surface area contributed by atoms with E-state index in [0.717, 1.165) is 0 Å². The van der Waals surface area contributed by atoms with Gasteiger partial charge in [-0.1, -0.05) is 69.0 Å². The van der Waals surface area contributed by atoms with Crippen molar-refractivity contribution in [1.82, 2.24) is 0 Å². The third kappa shape index (κ3) is 7.17. The van der Waals surface area contributed by atoms with E-state index in [1.54, 1.807) is 66.7 Å². The molecule has 198 valence electrons. The number of ether oxygens (including phenoxy) is 2. The second-order valence-electron chi connectivity index (χ2n) is 9.07. The zero-order valence-corrected chi connectivity index (χ0v) is 21.6. The lowest BCUT2D eigenvalue weighted by atomic mass is 9.94. The second-order valence-corrected chi connectivity index (χ2v) is 9.07. The Morgan fingerprint density at radius 1 is 0.868 bits per heavy atom. The first-order valence-electron chi connectivity index (χ1n) is 12.4. The maximum Gasteiger partial charge on any atom is 0.339 e. The van der Waals surface area contributed by atoms with Crippen molar-refractivity contribution in [2.45, 2.75) is 32.8 Å². The van der Waals surface area contributed by atoms with Gasteiger partial charge in [0.2, 0.25) is 0 Å². The molecule has 3 aromatic carbocycles. The Kier molecular flexibility index (Phi) is 9.96. The number of ketones is 1. The highest BCUT2D eigenvalue weighted by Gasteiger charge is 2.24. The number of benzene rings is 3. The summed E-state index contributed by atoms with van der Waals surface area (Å²) in [5, 5.41) is 18.6. The third-order valence-corrected chi connectivity index (χ3v) is 6.14. The number of aromatic carboxylic acids is 1. The number of aliphatic hydroxyl groups is 1. The molecule has 0 aliphatic carbocycles. The SMILES string of the molecule is C=C(C(=O)CC[C@H](OC(=O)c1ccccc1-c1ccccc1C(=O)O)c1ccc(OCCO)cc1)C(C)C. The highest BCUT2D eigenvalue weighted by molar-refractivity contribution is 6.02. The molecular formula is C31H32O7. The molecule has 0 saturated heterocycles. The van der Waals surface area contributed by atoms with Crippen LogP contribution in [0.5, 0.6) is 5.75 Å². The predicted molar refractivity (Wildman–Crippen MR) is 144 cm³/mol. The lowest BCUT2D eigenvalue weighted by molar-refractivity contribution is -0.116. The van der Waals surface area contributed by atoms with Crippen molar-refractivity contribution in [1.29, 1.82) is 0 Å². The zero-order chi connectivity index (χ0) is 27.7. The van der Waals surface area contributed by atoms with Gasteiger partial charge in [-0.2, -0.15) is 0 Å². The van der Waals surface area contributed by atoms with Gasteiger partial charge in [-0.3, -0.25) is 4.79 Å². The monoisotopic (exact) mass is 516 g/mol. The van der Waals surface area contributed by atoms with Crippen molar-refractivity contribution >= 4 is 17.7 Å². The molecule has 3 aromatic rings. The number of allylic oxidation sites excluding steroid dienone is 1. The van der Waals surface area contributed by atoms with Crippen molar-refractivity contribution in [3.63, 3.8) is 0 Å². The van der Waals surface area contributed by atoms with E-state index in [2.05, 4.69) is 6.58 Å². The van der Waals surface area contributed by atoms with E-state index in [1.807, 2.05) is 13.8 Å². The van der Waals surface area contributed by atoms with Gasteiger partial charge in [0.25, 0.3) is 0 Å². The van der Waals surface area contributed by atoms with Crippen molar-refractivity contribution in [2.24, 2.45) is 5.92 Å². The van der Waals surface area contributed by atoms with Gasteiger partial charge in [0.05, 0.1) is 17.7 Å². The van der Waals surface area contributed by atoms with Crippen LogP contribution in [0.3, 0.4) is 0 Å². The van der Waals surface area contributed by atoms with Crippen LogP contribution in [0.2, 0.25) is 0 Å². The summed E-state index contributed by atoms with van der Waals surface area (Å²) < 4.78 is 11.4. The first-order valence-corrected chi connectivity index (χ1v) is 12.4. The summed E-state index contributed by atoms with van der Waals surface area (Å²) in [5.41, 5.74) is 2.30. The van der Waals surface area contributed by atoms with Crippen LogP contribution in [-0.4, -0.2) is 41.1 Å². The van der Waals surface area contributed by atoms with E-state index < -0.39 is 18.0 Å². The minimum atomic E-state index is -1.10. The van der Waals surface area contributed by atoms with Crippen LogP contribution < -0.4 is 4.74 Å². The summed E-state index contributed by atoms with van der Waals surface area (Å²) in [4.78, 5) is 37.9. The van der Waals surface area contributed by atoms with E-state index >= 15 is 0 Å². The Morgan fingerprint density at radius 2 is 1.45 bits per heavy atom. The average molecular weight is 517 g/mol. The first-order chi connectivity index (χ1) is 18.2. The number of Topliss-reactive ketones (excluding diaryl/α,β-unsaturated/α-hetero) is 1. The van der Waals surface area contributed by atoms with Gasteiger partial charge in [0.1, 0.15) is 18.5 Å². The fourth-order valence-electron chi connectivity index (χ4n) is 3.97. The van der Waals surface area contributed by atoms with E-state index in [4.69, 9.17) is 14.6 Å². The van der Waals surface area contributed by atoms with Gasteiger partial charge in [0.15, 0.2) is 5.78 Å². The van der Waals surface area contributed by atoms with Crippen molar-refractivity contribution in [3.05, 3.63) is 102 Å². The van der Waals surface area contributed by atoms with Crippen LogP contribution in [0, 0.1) is 5.92 Å². The van der Waals surface area contributed by atoms with Crippen LogP contribution in [0.25, 0.3) is 11.1 Å². The molecule has 38 heavy (non-hydrogen) atoms. The molecule has 0 aliphatic rings. The Morgan fingerprint density at radius 3 is 2.03 bits per heavy atom. The quantitative estimate of drug-likeness (QED) is 0.216. The molecule has 0 aromatic heterocycles. The van der Waals surface area contributed by atoms with Crippen LogP contribution in [0.15, 0.2) is 84.9 Å². The van der Waals surface area contributed by atoms with E-state index in [-0.39, 0.29) is 48.9 Å². The maximum atomic E-state index is 13.5. The molecule has 0 fully saturated rings. The van der Waals surface area contributed by atoms with E-state index in [9.17, 15) is 19.5 Å². The molecule has 0 bridgehead atoms. The maximum absolute atomic E-state index is 13.5. The van der Waals surface area contributed by atoms with Gasteiger partial charge in [0, 0.05) is 6.42 Å². The number of rotatable bonds is 13. The summed E-state index contributed by atoms with van der Waals surface area (Å²) in [6.07, 6.45) is -0.372. The highest BCUT2D eigenvalue weighted by atomic mass is 16.5. The number of carboxylic acids is 1. The zero-order valence-electron chi connectivity index (χ0n) is 21.6. The number of esters is 1. The molecule has 0 radical (unpaired) electrons. The number of carboxylic acid groups (broad SMARTS) is 1. The Balaban J connectivity index is 1.92. The van der Waals surface area contributed by atoms with Crippen LogP contribution >= 0.6 is 0 Å². The lowest BCUT2D eigenvalue weighted by Crippen LogP contribution is -2.16. The first kappa shape index (κ1) is 28.3. The van der Waals surface area contributed by atoms with Gasteiger partial charge < -0.3 is 19.7 Å². The minimum Gasteiger partial charge on any atom is -0.491 e. The fraction of sp³-hybridized carbons (Fsp3) is 0.258. The van der Waals surface area contributed by atoms with Gasteiger partial charge >= 0.3 is 11.9 Å². The van der Waals surface area contributed by atoms with Crippen molar-refractivity contribution < 1.29 is 34.1 Å². The summed E-state index contributed by atoms with van der Waals surface area (Å²) in [5.74, 6) is -1.28. The molecule has 0 amide bonds. The van der Waals surface area contributed by atoms with Crippen molar-refractivity contribution in [2.75, 3.05) is 13.2 Å². The third-order valence-electron chi connectivity index (χ3n) is 6.14. The fourth-order valence-corrected chi connectivity index (χ4v) is 3.97. The Bertz CT molecular complexity index is 1290. The second kappa shape index (κ2) is 13.4. The number of carbonyl (C=O) groups excluding carboxylic acids is 2. The predicted octanol–water partition coefficient (Wildman–Crippen LogP) is 5.88. The van der Waals surface area contributed by atoms with Crippen LogP contribution in [0.1, 0.15) is 59.1 Å². The minimum absolute atomic E-state index is 0.00707. The summed E-state index contributed by atoms with van der Waals surface area (Å²) in [6, 6.07) is 20.0. The molecule has 1 atom stereocenters. The number of hydrogen-bond donors (Lipinski definition) is 2. The van der Waals surface area contributed by atoms with Crippen LogP contribution in [-0.2, 0) is 9.53 Å². The standard InChI is InChI=1S/C31H32O7/c1-20(2)21(3)28(33)16-17-29(22-12-14-23(15-13-22)37-19-18-32)38-31(36)27-11-7-5-9-25(27)24-8-4-6-10-26(24)30(34)35/h4-15,20,29,32H,3,16-19H2,1-2H3,(H,34,35)/t29-/m0/s1. The largest absolute Gasteiger partial charge is 0.491 e. The smallest absolute Gasteiger partial charge is 0.339 e. The number of aliphatic hydroxyl groups excluding tert-OH is 1. The normalized spacial score (nSPS) is 11.6. The summed E-state index contributed by atoms with van der Waals surface area (Å²) >= 11 is 0. The molecule has 0 heterocycles. The average Bonchev–Trinajstić information content (AvgIpc) is 2.93. The molecule has 3 rings (SSSR count). The molecule has 0 spiro atoms. The summed E-state index contributed by atoms with van der Waals surface area (Å²) in [7, 11) is 0. The van der Waals surface area contributed by atoms with E-state index in [0.29, 0.717) is 28.0 Å². The van der Waals surface area contributed by atoms with Gasteiger partial charge in [-0.05, 0) is 58.9 Å². The van der Waals surface area contributed by atoms with Crippen molar-refractivity contribution in [3.8, 4) is 16.9 Å². The molecule has 7 heteroatoms. The highest BCUT2D eigenvalue weighted by Crippen LogP contribution is 2.31. The molecule has 0 saturated carbocycles. The summed E-state index contributed by atoms with van der Waals surface area (Å²) in [6.45, 7) is 7.71. The molecule has 2 N–H and O–H groups in total. The molecule has 7 nitrogen and oxygen atoms in total. The van der Waals surface area contributed by atoms with E-state index in [1.165, 1.54) is 6.07 Å². The Labute approximate surface area is 222 Å². The lowest BCUT2D eigenvalue weighted by Gasteiger charge is -2.20. The number of carbonyl (C=O) groups is 3. The van der Waals surface area contributed by atoms with Gasteiger partial charge in [-0.15, -0.1) is 0 Å². The van der Waals surface area contributed by atoms with Gasteiger partial charge in [-0.25, -0.2) is 9.59 Å². The Hall–Kier alpha value is -4.23. The topological polar surface area (TPSA) is 110 Å².